The van der Waals surface area contributed by atoms with Crippen LogP contribution in [0.1, 0.15) is 4.88 Å². The summed E-state index contributed by atoms with van der Waals surface area (Å²) >= 11 is 1.41. The molecule has 0 aliphatic carbocycles. The molecule has 0 radical (unpaired) electrons. The van der Waals surface area contributed by atoms with E-state index in [1.807, 2.05) is 5.38 Å². The number of carbonyl (C=O) groups is 2. The Morgan fingerprint density at radius 3 is 2.69 bits per heavy atom. The number of aliphatic hydroxyl groups is 1. The number of rotatable bonds is 5. The van der Waals surface area contributed by atoms with Crippen LogP contribution in [0, 0.1) is 0 Å². The molecule has 88 valence electrons. The van der Waals surface area contributed by atoms with Gasteiger partial charge in [0.05, 0.1) is 6.04 Å². The average molecular weight is 244 g/mol. The van der Waals surface area contributed by atoms with Gasteiger partial charge >= 0.3 is 6.09 Å². The molecule has 1 rings (SSSR count). The number of nitrogens with two attached hydrogens (primary N) is 1. The van der Waals surface area contributed by atoms with Crippen LogP contribution in [-0.2, 0) is 11.2 Å². The molecule has 0 saturated heterocycles. The van der Waals surface area contributed by atoms with Gasteiger partial charge in [0, 0.05) is 11.3 Å². The smallest absolute Gasteiger partial charge is 0.404 e. The van der Waals surface area contributed by atoms with Crippen molar-refractivity contribution < 1.29 is 19.8 Å². The first kappa shape index (κ1) is 12.5. The summed E-state index contributed by atoms with van der Waals surface area (Å²) in [5.41, 5.74) is 4.92. The number of hydrogen-bond donors (Lipinski definition) is 4. The molecule has 1 aromatic heterocycles. The third-order valence-electron chi connectivity index (χ3n) is 1.98. The van der Waals surface area contributed by atoms with E-state index in [0.29, 0.717) is 0 Å². The van der Waals surface area contributed by atoms with Crippen LogP contribution in [0.25, 0.3) is 0 Å². The molecule has 1 aromatic rings. The standard InChI is InChI=1S/C9H12N2O4S/c10-8(13)7(12)6(11-9(14)15)4-5-2-1-3-16-5/h1-3,6-7,11-12H,4H2,(H2,10,13)(H,14,15). The van der Waals surface area contributed by atoms with Crippen molar-refractivity contribution in [3.63, 3.8) is 0 Å². The van der Waals surface area contributed by atoms with E-state index in [-0.39, 0.29) is 6.42 Å². The Balaban J connectivity index is 2.71. The molecule has 0 aromatic carbocycles. The van der Waals surface area contributed by atoms with Crippen LogP contribution in [0.15, 0.2) is 17.5 Å². The second-order valence-electron chi connectivity index (χ2n) is 3.19. The molecular weight excluding hydrogens is 232 g/mol. The highest BCUT2D eigenvalue weighted by Gasteiger charge is 2.26. The maximum Gasteiger partial charge on any atom is 0.404 e. The van der Waals surface area contributed by atoms with Crippen LogP contribution in [0.5, 0.6) is 0 Å². The predicted octanol–water partition coefficient (Wildman–Crippen LogP) is -0.227. The molecule has 0 fully saturated rings. The number of amides is 2. The van der Waals surface area contributed by atoms with Crippen LogP contribution in [-0.4, -0.2) is 34.4 Å². The molecule has 7 heteroatoms. The number of primary amides is 1. The third-order valence-corrected chi connectivity index (χ3v) is 2.88. The van der Waals surface area contributed by atoms with Crippen LogP contribution < -0.4 is 11.1 Å². The largest absolute Gasteiger partial charge is 0.465 e. The minimum atomic E-state index is -1.53. The molecule has 0 saturated carbocycles. The number of hydrogen-bond acceptors (Lipinski definition) is 4. The quantitative estimate of drug-likeness (QED) is 0.573. The molecule has 6 nitrogen and oxygen atoms in total. The monoisotopic (exact) mass is 244 g/mol. The Bertz CT molecular complexity index is 366. The molecule has 2 unspecified atom stereocenters. The molecular formula is C9H12N2O4S. The van der Waals surface area contributed by atoms with Crippen molar-refractivity contribution in [2.45, 2.75) is 18.6 Å². The Morgan fingerprint density at radius 1 is 1.56 bits per heavy atom. The van der Waals surface area contributed by atoms with Gasteiger partial charge < -0.3 is 21.3 Å². The van der Waals surface area contributed by atoms with Gasteiger partial charge in [0.2, 0.25) is 5.91 Å². The summed E-state index contributed by atoms with van der Waals surface area (Å²) in [6.07, 6.45) is -2.60. The minimum absolute atomic E-state index is 0.230. The zero-order valence-electron chi connectivity index (χ0n) is 8.29. The van der Waals surface area contributed by atoms with E-state index in [0.717, 1.165) is 4.88 Å². The number of thiophene rings is 1. The van der Waals surface area contributed by atoms with Crippen LogP contribution in [0.3, 0.4) is 0 Å². The Hall–Kier alpha value is -1.60. The first-order chi connectivity index (χ1) is 7.50. The first-order valence-corrected chi connectivity index (χ1v) is 5.38. The molecule has 2 amide bonds. The van der Waals surface area contributed by atoms with E-state index < -0.39 is 24.1 Å². The summed E-state index contributed by atoms with van der Waals surface area (Å²) in [7, 11) is 0. The van der Waals surface area contributed by atoms with Crippen molar-refractivity contribution in [2.24, 2.45) is 5.73 Å². The van der Waals surface area contributed by atoms with Gasteiger partial charge in [0.25, 0.3) is 0 Å². The average Bonchev–Trinajstić information content (AvgIpc) is 2.67. The van der Waals surface area contributed by atoms with Gasteiger partial charge in [-0.25, -0.2) is 4.79 Å². The topological polar surface area (TPSA) is 113 Å². The fraction of sp³-hybridized carbons (Fsp3) is 0.333. The van der Waals surface area contributed by atoms with E-state index >= 15 is 0 Å². The predicted molar refractivity (Wildman–Crippen MR) is 58.2 cm³/mol. The molecule has 0 aliphatic rings. The minimum Gasteiger partial charge on any atom is -0.465 e. The molecule has 5 N–H and O–H groups in total. The highest BCUT2D eigenvalue weighted by molar-refractivity contribution is 7.09. The molecule has 0 spiro atoms. The van der Waals surface area contributed by atoms with Crippen molar-refractivity contribution in [3.8, 4) is 0 Å². The van der Waals surface area contributed by atoms with Crippen molar-refractivity contribution in [2.75, 3.05) is 0 Å². The lowest BCUT2D eigenvalue weighted by molar-refractivity contribution is -0.127. The molecule has 16 heavy (non-hydrogen) atoms. The van der Waals surface area contributed by atoms with Crippen LogP contribution in [0.2, 0.25) is 0 Å². The van der Waals surface area contributed by atoms with E-state index in [4.69, 9.17) is 10.8 Å². The third kappa shape index (κ3) is 3.52. The first-order valence-electron chi connectivity index (χ1n) is 4.50. The van der Waals surface area contributed by atoms with Crippen molar-refractivity contribution >= 4 is 23.3 Å². The molecule has 2 atom stereocenters. The van der Waals surface area contributed by atoms with E-state index in [9.17, 15) is 14.7 Å². The van der Waals surface area contributed by atoms with Gasteiger partial charge in [0.1, 0.15) is 0 Å². The Kier molecular flexibility index (Phi) is 4.27. The lowest BCUT2D eigenvalue weighted by Crippen LogP contribution is -2.49. The number of aliphatic hydroxyl groups excluding tert-OH is 1. The lowest BCUT2D eigenvalue weighted by atomic mass is 10.1. The maximum atomic E-state index is 10.8. The SMILES string of the molecule is NC(=O)C(O)C(Cc1cccs1)NC(=O)O. The highest BCUT2D eigenvalue weighted by Crippen LogP contribution is 2.12. The van der Waals surface area contributed by atoms with Gasteiger partial charge in [-0.1, -0.05) is 6.07 Å². The van der Waals surface area contributed by atoms with Crippen molar-refractivity contribution in [3.05, 3.63) is 22.4 Å². The van der Waals surface area contributed by atoms with Crippen LogP contribution in [0.4, 0.5) is 4.79 Å². The lowest BCUT2D eigenvalue weighted by Gasteiger charge is -2.19. The number of carbonyl (C=O) groups excluding carboxylic acids is 1. The summed E-state index contributed by atoms with van der Waals surface area (Å²) in [4.78, 5) is 22.1. The second-order valence-corrected chi connectivity index (χ2v) is 4.22. The van der Waals surface area contributed by atoms with Crippen molar-refractivity contribution in [1.82, 2.24) is 5.32 Å². The Morgan fingerprint density at radius 2 is 2.25 bits per heavy atom. The van der Waals surface area contributed by atoms with Gasteiger partial charge in [-0.3, -0.25) is 4.79 Å². The van der Waals surface area contributed by atoms with E-state index in [2.05, 4.69) is 5.32 Å². The molecule has 0 aliphatic heterocycles. The Labute approximate surface area is 95.7 Å². The highest BCUT2D eigenvalue weighted by atomic mass is 32.1. The van der Waals surface area contributed by atoms with Gasteiger partial charge in [-0.05, 0) is 11.4 Å². The van der Waals surface area contributed by atoms with Gasteiger partial charge in [0.15, 0.2) is 6.10 Å². The maximum absolute atomic E-state index is 10.8. The summed E-state index contributed by atoms with van der Waals surface area (Å²) in [6.45, 7) is 0. The summed E-state index contributed by atoms with van der Waals surface area (Å²) in [5.74, 6) is -0.949. The van der Waals surface area contributed by atoms with Gasteiger partial charge in [-0.2, -0.15) is 0 Å². The van der Waals surface area contributed by atoms with Crippen molar-refractivity contribution in [1.29, 1.82) is 0 Å². The molecule has 0 bridgehead atoms. The summed E-state index contributed by atoms with van der Waals surface area (Å²) < 4.78 is 0. The summed E-state index contributed by atoms with van der Waals surface area (Å²) in [5, 5.41) is 21.9. The van der Waals surface area contributed by atoms with E-state index in [1.54, 1.807) is 12.1 Å². The fourth-order valence-electron chi connectivity index (χ4n) is 1.24. The fourth-order valence-corrected chi connectivity index (χ4v) is 2.01. The zero-order chi connectivity index (χ0) is 12.1. The number of nitrogens with one attached hydrogen (secondary N) is 1. The second kappa shape index (κ2) is 5.47. The number of carboxylic acid groups (broad SMARTS) is 1. The van der Waals surface area contributed by atoms with Crippen LogP contribution >= 0.6 is 11.3 Å². The van der Waals surface area contributed by atoms with E-state index in [1.165, 1.54) is 11.3 Å². The molecule has 1 heterocycles. The normalized spacial score (nSPS) is 14.1. The van der Waals surface area contributed by atoms with Gasteiger partial charge in [-0.15, -0.1) is 11.3 Å². The zero-order valence-corrected chi connectivity index (χ0v) is 9.11. The summed E-state index contributed by atoms with van der Waals surface area (Å²) in [6, 6.07) is 2.66.